The topological polar surface area (TPSA) is 37.9 Å². The number of nitrogens with zero attached hydrogens (tertiary/aromatic N) is 1. The fourth-order valence-electron chi connectivity index (χ4n) is 3.30. The second kappa shape index (κ2) is 5.14. The first-order valence-corrected chi connectivity index (χ1v) is 7.02. The van der Waals surface area contributed by atoms with Crippen LogP contribution >= 0.6 is 0 Å². The number of hydrogen-bond donors (Lipinski definition) is 1. The van der Waals surface area contributed by atoms with Gasteiger partial charge in [-0.1, -0.05) is 0 Å². The molecule has 1 aromatic heterocycles. The number of piperazine rings is 1. The molecule has 2 fully saturated rings. The van der Waals surface area contributed by atoms with Gasteiger partial charge in [-0.3, -0.25) is 4.79 Å². The minimum atomic E-state index is 0.0467. The Morgan fingerprint density at radius 1 is 1.28 bits per heavy atom. The number of carbonyl (C=O) groups excluding carboxylic acids is 1. The molecule has 2 aliphatic rings. The maximum atomic E-state index is 12.1. The SMILES string of the molecule is O=C(c1ccco1)N1CC[NH+](C2CCCC2)CC1. The average Bonchev–Trinajstić information content (AvgIpc) is 3.11. The van der Waals surface area contributed by atoms with E-state index in [0.29, 0.717) is 5.76 Å². The molecule has 2 heterocycles. The van der Waals surface area contributed by atoms with Crippen LogP contribution < -0.4 is 4.90 Å². The Balaban J connectivity index is 1.55. The standard InChI is InChI=1S/C14H20N2O2/c17-14(13-6-3-11-18-13)16-9-7-15(8-10-16)12-4-1-2-5-12/h3,6,11-12H,1-2,4-5,7-10H2/p+1. The maximum absolute atomic E-state index is 12.1. The number of quaternary nitrogens is 1. The van der Waals surface area contributed by atoms with Crippen molar-refractivity contribution in [3.63, 3.8) is 0 Å². The number of hydrogen-bond acceptors (Lipinski definition) is 2. The third kappa shape index (κ3) is 2.29. The molecule has 4 nitrogen and oxygen atoms in total. The van der Waals surface area contributed by atoms with Crippen LogP contribution in [-0.4, -0.2) is 43.0 Å². The summed E-state index contributed by atoms with van der Waals surface area (Å²) in [6.45, 7) is 3.92. The van der Waals surface area contributed by atoms with Crippen LogP contribution in [0.4, 0.5) is 0 Å². The zero-order valence-electron chi connectivity index (χ0n) is 10.7. The monoisotopic (exact) mass is 249 g/mol. The third-order valence-electron chi connectivity index (χ3n) is 4.36. The Bertz CT molecular complexity index is 388. The fourth-order valence-corrected chi connectivity index (χ4v) is 3.30. The van der Waals surface area contributed by atoms with Gasteiger partial charge in [0.25, 0.3) is 5.91 Å². The van der Waals surface area contributed by atoms with Gasteiger partial charge >= 0.3 is 0 Å². The molecular weight excluding hydrogens is 228 g/mol. The van der Waals surface area contributed by atoms with Crippen molar-refractivity contribution in [2.24, 2.45) is 0 Å². The predicted molar refractivity (Wildman–Crippen MR) is 67.6 cm³/mol. The molecule has 1 amide bonds. The minimum absolute atomic E-state index is 0.0467. The van der Waals surface area contributed by atoms with E-state index in [9.17, 15) is 4.79 Å². The van der Waals surface area contributed by atoms with Crippen LogP contribution in [0.2, 0.25) is 0 Å². The van der Waals surface area contributed by atoms with Crippen LogP contribution in [0.25, 0.3) is 0 Å². The lowest BCUT2D eigenvalue weighted by Gasteiger charge is -2.35. The quantitative estimate of drug-likeness (QED) is 0.832. The van der Waals surface area contributed by atoms with E-state index in [4.69, 9.17) is 4.42 Å². The molecule has 1 saturated heterocycles. The van der Waals surface area contributed by atoms with Gasteiger partial charge in [-0.05, 0) is 37.8 Å². The Kier molecular flexibility index (Phi) is 3.37. The molecule has 0 radical (unpaired) electrons. The number of carbonyl (C=O) groups is 1. The van der Waals surface area contributed by atoms with Gasteiger partial charge in [0, 0.05) is 0 Å². The zero-order valence-corrected chi connectivity index (χ0v) is 10.7. The van der Waals surface area contributed by atoms with Crippen molar-refractivity contribution in [2.45, 2.75) is 31.7 Å². The van der Waals surface area contributed by atoms with Gasteiger partial charge in [-0.25, -0.2) is 0 Å². The van der Waals surface area contributed by atoms with Gasteiger partial charge in [-0.2, -0.15) is 0 Å². The summed E-state index contributed by atoms with van der Waals surface area (Å²) in [7, 11) is 0. The molecule has 1 aliphatic carbocycles. The molecular formula is C14H21N2O2+. The zero-order chi connectivity index (χ0) is 12.4. The molecule has 98 valence electrons. The first kappa shape index (κ1) is 11.8. The van der Waals surface area contributed by atoms with E-state index in [0.717, 1.165) is 32.2 Å². The van der Waals surface area contributed by atoms with Crippen molar-refractivity contribution in [3.8, 4) is 0 Å². The highest BCUT2D eigenvalue weighted by Crippen LogP contribution is 2.15. The molecule has 0 atom stereocenters. The summed E-state index contributed by atoms with van der Waals surface area (Å²) in [6, 6.07) is 4.37. The molecule has 18 heavy (non-hydrogen) atoms. The lowest BCUT2D eigenvalue weighted by atomic mass is 10.2. The highest BCUT2D eigenvalue weighted by Gasteiger charge is 2.31. The van der Waals surface area contributed by atoms with Gasteiger partial charge in [-0.15, -0.1) is 0 Å². The summed E-state index contributed by atoms with van der Waals surface area (Å²) in [5.74, 6) is 0.518. The first-order valence-electron chi connectivity index (χ1n) is 7.02. The van der Waals surface area contributed by atoms with Crippen LogP contribution in [-0.2, 0) is 0 Å². The van der Waals surface area contributed by atoms with E-state index in [1.54, 1.807) is 23.3 Å². The Morgan fingerprint density at radius 3 is 2.61 bits per heavy atom. The summed E-state index contributed by atoms with van der Waals surface area (Å²) >= 11 is 0. The Hall–Kier alpha value is -1.29. The summed E-state index contributed by atoms with van der Waals surface area (Å²) in [5.41, 5.74) is 0. The normalized spacial score (nSPS) is 22.6. The van der Waals surface area contributed by atoms with Crippen LogP contribution in [0, 0.1) is 0 Å². The molecule has 1 N–H and O–H groups in total. The van der Waals surface area contributed by atoms with Crippen molar-refractivity contribution >= 4 is 5.91 Å². The van der Waals surface area contributed by atoms with Crippen LogP contribution in [0.15, 0.2) is 22.8 Å². The fraction of sp³-hybridized carbons (Fsp3) is 0.643. The summed E-state index contributed by atoms with van der Waals surface area (Å²) in [6.07, 6.45) is 7.10. The Labute approximate surface area is 108 Å². The molecule has 3 rings (SSSR count). The number of furan rings is 1. The second-order valence-corrected chi connectivity index (χ2v) is 5.41. The predicted octanol–water partition coefficient (Wildman–Crippen LogP) is 0.563. The lowest BCUT2D eigenvalue weighted by molar-refractivity contribution is -0.928. The van der Waals surface area contributed by atoms with Gasteiger partial charge in [0.05, 0.1) is 38.5 Å². The van der Waals surface area contributed by atoms with Gasteiger partial charge in [0.15, 0.2) is 5.76 Å². The number of rotatable bonds is 2. The average molecular weight is 249 g/mol. The molecule has 0 spiro atoms. The molecule has 0 aromatic carbocycles. The van der Waals surface area contributed by atoms with Crippen molar-refractivity contribution in [3.05, 3.63) is 24.2 Å². The van der Waals surface area contributed by atoms with E-state index in [1.165, 1.54) is 25.7 Å². The van der Waals surface area contributed by atoms with Crippen molar-refractivity contribution in [1.29, 1.82) is 0 Å². The lowest BCUT2D eigenvalue weighted by Crippen LogP contribution is -3.18. The van der Waals surface area contributed by atoms with Crippen LogP contribution in [0.5, 0.6) is 0 Å². The van der Waals surface area contributed by atoms with Crippen molar-refractivity contribution in [2.75, 3.05) is 26.2 Å². The third-order valence-corrected chi connectivity index (χ3v) is 4.36. The van der Waals surface area contributed by atoms with E-state index in [2.05, 4.69) is 0 Å². The Morgan fingerprint density at radius 2 is 2.00 bits per heavy atom. The van der Waals surface area contributed by atoms with E-state index in [-0.39, 0.29) is 5.91 Å². The second-order valence-electron chi connectivity index (χ2n) is 5.41. The number of nitrogens with one attached hydrogen (secondary N) is 1. The van der Waals surface area contributed by atoms with Crippen LogP contribution in [0.1, 0.15) is 36.2 Å². The molecule has 1 aliphatic heterocycles. The molecule has 4 heteroatoms. The summed E-state index contributed by atoms with van der Waals surface area (Å²) < 4.78 is 5.18. The minimum Gasteiger partial charge on any atom is -0.459 e. The number of amides is 1. The molecule has 0 bridgehead atoms. The highest BCUT2D eigenvalue weighted by molar-refractivity contribution is 5.91. The molecule has 1 saturated carbocycles. The maximum Gasteiger partial charge on any atom is 0.289 e. The summed E-state index contributed by atoms with van der Waals surface area (Å²) in [4.78, 5) is 15.7. The summed E-state index contributed by atoms with van der Waals surface area (Å²) in [5, 5.41) is 0. The first-order chi connectivity index (χ1) is 8.84. The van der Waals surface area contributed by atoms with E-state index >= 15 is 0 Å². The molecule has 0 unspecified atom stereocenters. The van der Waals surface area contributed by atoms with Gasteiger partial charge in [0.1, 0.15) is 0 Å². The van der Waals surface area contributed by atoms with Gasteiger partial charge < -0.3 is 14.2 Å². The largest absolute Gasteiger partial charge is 0.459 e. The van der Waals surface area contributed by atoms with E-state index < -0.39 is 0 Å². The van der Waals surface area contributed by atoms with Crippen LogP contribution in [0.3, 0.4) is 0 Å². The smallest absolute Gasteiger partial charge is 0.289 e. The van der Waals surface area contributed by atoms with Gasteiger partial charge in [0.2, 0.25) is 0 Å². The molecule has 1 aromatic rings. The highest BCUT2D eigenvalue weighted by atomic mass is 16.3. The van der Waals surface area contributed by atoms with E-state index in [1.807, 2.05) is 4.90 Å². The van der Waals surface area contributed by atoms with Crippen molar-refractivity contribution < 1.29 is 14.1 Å². The van der Waals surface area contributed by atoms with Crippen molar-refractivity contribution in [1.82, 2.24) is 4.90 Å².